The highest BCUT2D eigenvalue weighted by atomic mass is 79.9. The Morgan fingerprint density at radius 1 is 1.16 bits per heavy atom. The second-order valence-corrected chi connectivity index (χ2v) is 6.36. The van der Waals surface area contributed by atoms with E-state index < -0.39 is 11.8 Å². The van der Waals surface area contributed by atoms with E-state index in [0.717, 1.165) is 4.47 Å². The van der Waals surface area contributed by atoms with Gasteiger partial charge in [-0.15, -0.1) is 0 Å². The Hall–Kier alpha value is -2.09. The number of carbonyl (C=O) groups is 2. The number of hydrogen-bond donors (Lipinski definition) is 2. The number of anilines is 1. The SMILES string of the molecule is COc1ccc(Br)c(/C=N\NC(=O)C(=O)Nc2cc(Cl)ccc2Cl)c1. The summed E-state index contributed by atoms with van der Waals surface area (Å²) >= 11 is 15.1. The lowest BCUT2D eigenvalue weighted by atomic mass is 10.2. The number of halogens is 3. The van der Waals surface area contributed by atoms with Crippen molar-refractivity contribution in [2.75, 3.05) is 12.4 Å². The average molecular weight is 445 g/mol. The second-order valence-electron chi connectivity index (χ2n) is 4.66. The highest BCUT2D eigenvalue weighted by Gasteiger charge is 2.14. The van der Waals surface area contributed by atoms with Crippen molar-refractivity contribution in [3.05, 3.63) is 56.5 Å². The maximum Gasteiger partial charge on any atom is 0.329 e. The zero-order valence-electron chi connectivity index (χ0n) is 12.8. The first-order chi connectivity index (χ1) is 11.9. The first kappa shape index (κ1) is 19.2. The summed E-state index contributed by atoms with van der Waals surface area (Å²) in [5, 5.41) is 6.74. The fraction of sp³-hybridized carbons (Fsp3) is 0.0625. The number of nitrogens with zero attached hydrogens (tertiary/aromatic N) is 1. The van der Waals surface area contributed by atoms with Crippen LogP contribution in [0.4, 0.5) is 5.69 Å². The highest BCUT2D eigenvalue weighted by molar-refractivity contribution is 9.10. The molecule has 2 rings (SSSR count). The molecule has 2 aromatic rings. The highest BCUT2D eigenvalue weighted by Crippen LogP contribution is 2.25. The monoisotopic (exact) mass is 443 g/mol. The molecule has 2 amide bonds. The number of rotatable bonds is 4. The number of amides is 2. The molecular formula is C16H12BrCl2N3O3. The summed E-state index contributed by atoms with van der Waals surface area (Å²) in [6.07, 6.45) is 1.38. The van der Waals surface area contributed by atoms with Crippen molar-refractivity contribution in [3.8, 4) is 5.75 Å². The molecule has 6 nitrogen and oxygen atoms in total. The van der Waals surface area contributed by atoms with E-state index in [-0.39, 0.29) is 10.7 Å². The van der Waals surface area contributed by atoms with E-state index in [1.165, 1.54) is 25.5 Å². The minimum absolute atomic E-state index is 0.230. The maximum atomic E-state index is 11.9. The van der Waals surface area contributed by atoms with Crippen LogP contribution in [0.3, 0.4) is 0 Å². The average Bonchev–Trinajstić information content (AvgIpc) is 2.59. The van der Waals surface area contributed by atoms with E-state index in [2.05, 4.69) is 31.8 Å². The lowest BCUT2D eigenvalue weighted by molar-refractivity contribution is -0.136. The Bertz CT molecular complexity index is 843. The van der Waals surface area contributed by atoms with Crippen LogP contribution in [0.25, 0.3) is 0 Å². The van der Waals surface area contributed by atoms with Gasteiger partial charge in [-0.05, 0) is 36.4 Å². The number of hydrazone groups is 1. The van der Waals surface area contributed by atoms with Crippen molar-refractivity contribution in [2.45, 2.75) is 0 Å². The van der Waals surface area contributed by atoms with Gasteiger partial charge in [-0.3, -0.25) is 9.59 Å². The largest absolute Gasteiger partial charge is 0.497 e. The third-order valence-electron chi connectivity index (χ3n) is 2.96. The van der Waals surface area contributed by atoms with Gasteiger partial charge in [0.2, 0.25) is 0 Å². The third-order valence-corrected chi connectivity index (χ3v) is 4.24. The molecule has 0 aromatic heterocycles. The van der Waals surface area contributed by atoms with Crippen molar-refractivity contribution in [2.24, 2.45) is 5.10 Å². The van der Waals surface area contributed by atoms with Gasteiger partial charge in [0.25, 0.3) is 0 Å². The molecule has 0 saturated carbocycles. The van der Waals surface area contributed by atoms with E-state index in [1.807, 2.05) is 0 Å². The van der Waals surface area contributed by atoms with E-state index in [4.69, 9.17) is 27.9 Å². The molecule has 0 spiro atoms. The van der Waals surface area contributed by atoms with Crippen LogP contribution in [0.2, 0.25) is 10.0 Å². The minimum Gasteiger partial charge on any atom is -0.497 e. The van der Waals surface area contributed by atoms with E-state index in [9.17, 15) is 9.59 Å². The lowest BCUT2D eigenvalue weighted by Gasteiger charge is -2.06. The standard InChI is InChI=1S/C16H12BrCl2N3O3/c1-25-11-3-4-12(17)9(6-11)8-20-22-16(24)15(23)21-14-7-10(18)2-5-13(14)19/h2-8H,1H3,(H,21,23)(H,22,24)/b20-8-. The molecule has 0 aliphatic rings. The van der Waals surface area contributed by atoms with Crippen LogP contribution in [0.1, 0.15) is 5.56 Å². The summed E-state index contributed by atoms with van der Waals surface area (Å²) in [4.78, 5) is 23.7. The number of methoxy groups -OCH3 is 1. The van der Waals surface area contributed by atoms with Crippen molar-refractivity contribution in [3.63, 3.8) is 0 Å². The molecule has 0 bridgehead atoms. The van der Waals surface area contributed by atoms with Gasteiger partial charge < -0.3 is 10.1 Å². The van der Waals surface area contributed by atoms with Crippen LogP contribution in [-0.4, -0.2) is 25.1 Å². The first-order valence-corrected chi connectivity index (χ1v) is 8.38. The van der Waals surface area contributed by atoms with Gasteiger partial charge in [-0.2, -0.15) is 5.10 Å². The molecule has 2 N–H and O–H groups in total. The Labute approximate surface area is 162 Å². The number of ether oxygens (including phenoxy) is 1. The zero-order chi connectivity index (χ0) is 18.4. The predicted octanol–water partition coefficient (Wildman–Crippen LogP) is 3.85. The molecular weight excluding hydrogens is 433 g/mol. The molecule has 0 radical (unpaired) electrons. The van der Waals surface area contributed by atoms with Crippen LogP contribution >= 0.6 is 39.1 Å². The molecule has 0 fully saturated rings. The number of carbonyl (C=O) groups excluding carboxylic acids is 2. The summed E-state index contributed by atoms with van der Waals surface area (Å²) in [6, 6.07) is 9.76. The van der Waals surface area contributed by atoms with Gasteiger partial charge in [0, 0.05) is 15.1 Å². The number of nitrogens with one attached hydrogen (secondary N) is 2. The van der Waals surface area contributed by atoms with Crippen LogP contribution in [0.5, 0.6) is 5.75 Å². The smallest absolute Gasteiger partial charge is 0.329 e. The number of hydrogen-bond acceptors (Lipinski definition) is 4. The first-order valence-electron chi connectivity index (χ1n) is 6.83. The Balaban J connectivity index is 2.00. The molecule has 130 valence electrons. The third kappa shape index (κ3) is 5.45. The van der Waals surface area contributed by atoms with Gasteiger partial charge in [-0.25, -0.2) is 5.43 Å². The van der Waals surface area contributed by atoms with Gasteiger partial charge in [0.1, 0.15) is 5.75 Å². The molecule has 2 aromatic carbocycles. The Kier molecular flexibility index (Phi) is 6.81. The second kappa shape index (κ2) is 8.84. The molecule has 0 unspecified atom stereocenters. The van der Waals surface area contributed by atoms with Crippen LogP contribution in [-0.2, 0) is 9.59 Å². The molecule has 9 heteroatoms. The molecule has 0 saturated heterocycles. The van der Waals surface area contributed by atoms with Crippen molar-refractivity contribution in [1.29, 1.82) is 0 Å². The fourth-order valence-corrected chi connectivity index (χ4v) is 2.42. The summed E-state index contributed by atoms with van der Waals surface area (Å²) in [5.74, 6) is -1.25. The van der Waals surface area contributed by atoms with Crippen LogP contribution in [0, 0.1) is 0 Å². The summed E-state index contributed by atoms with van der Waals surface area (Å²) in [6.45, 7) is 0. The topological polar surface area (TPSA) is 79.8 Å². The van der Waals surface area contributed by atoms with Crippen molar-refractivity contribution >= 4 is 62.8 Å². The lowest BCUT2D eigenvalue weighted by Crippen LogP contribution is -2.32. The Morgan fingerprint density at radius 2 is 1.92 bits per heavy atom. The van der Waals surface area contributed by atoms with E-state index in [0.29, 0.717) is 16.3 Å². The van der Waals surface area contributed by atoms with E-state index >= 15 is 0 Å². The quantitative estimate of drug-likeness (QED) is 0.427. The normalized spacial score (nSPS) is 10.6. The summed E-state index contributed by atoms with van der Waals surface area (Å²) in [7, 11) is 1.54. The molecule has 0 aliphatic heterocycles. The fourth-order valence-electron chi connectivity index (χ4n) is 1.73. The van der Waals surface area contributed by atoms with Crippen LogP contribution < -0.4 is 15.5 Å². The number of benzene rings is 2. The Morgan fingerprint density at radius 3 is 2.64 bits per heavy atom. The summed E-state index contributed by atoms with van der Waals surface area (Å²) < 4.78 is 5.86. The van der Waals surface area contributed by atoms with E-state index in [1.54, 1.807) is 24.3 Å². The predicted molar refractivity (Wildman–Crippen MR) is 102 cm³/mol. The van der Waals surface area contributed by atoms with Crippen molar-refractivity contribution < 1.29 is 14.3 Å². The summed E-state index contributed by atoms with van der Waals surface area (Å²) in [5.41, 5.74) is 3.03. The molecule has 0 atom stereocenters. The molecule has 0 aliphatic carbocycles. The van der Waals surface area contributed by atoms with Gasteiger partial charge in [0.05, 0.1) is 24.0 Å². The van der Waals surface area contributed by atoms with Crippen molar-refractivity contribution in [1.82, 2.24) is 5.43 Å². The van der Waals surface area contributed by atoms with Gasteiger partial charge >= 0.3 is 11.8 Å². The molecule has 0 heterocycles. The zero-order valence-corrected chi connectivity index (χ0v) is 15.9. The molecule has 25 heavy (non-hydrogen) atoms. The van der Waals surface area contributed by atoms with Gasteiger partial charge in [0.15, 0.2) is 0 Å². The van der Waals surface area contributed by atoms with Crippen LogP contribution in [0.15, 0.2) is 46.0 Å². The van der Waals surface area contributed by atoms with Gasteiger partial charge in [-0.1, -0.05) is 39.1 Å². The minimum atomic E-state index is -0.952. The maximum absolute atomic E-state index is 11.9.